The summed E-state index contributed by atoms with van der Waals surface area (Å²) in [5.74, 6) is 0. The summed E-state index contributed by atoms with van der Waals surface area (Å²) in [7, 11) is 0. The summed E-state index contributed by atoms with van der Waals surface area (Å²) >= 11 is 0. The monoisotopic (exact) mass is 175 g/mol. The van der Waals surface area contributed by atoms with Crippen LogP contribution in [0.3, 0.4) is 0 Å². The topological polar surface area (TPSA) is 28.2 Å². The van der Waals surface area contributed by atoms with Crippen LogP contribution in [-0.2, 0) is 6.54 Å². The van der Waals surface area contributed by atoms with Crippen molar-refractivity contribution in [1.29, 1.82) is 0 Å². The summed E-state index contributed by atoms with van der Waals surface area (Å²) in [6.07, 6.45) is 7.96. The van der Waals surface area contributed by atoms with Crippen LogP contribution < -0.4 is 5.32 Å². The molecule has 0 radical (unpaired) electrons. The molecular weight excluding hydrogens is 162 g/mol. The van der Waals surface area contributed by atoms with E-state index in [2.05, 4.69) is 33.5 Å². The van der Waals surface area contributed by atoms with Gasteiger partial charge < -0.3 is 4.90 Å². The molecule has 0 saturated heterocycles. The maximum Gasteiger partial charge on any atom is 0.0682 e. The second kappa shape index (κ2) is 4.05. The lowest BCUT2D eigenvalue weighted by Crippen LogP contribution is -2.33. The normalized spacial score (nSPS) is 16.2. The first kappa shape index (κ1) is 8.26. The third-order valence-electron chi connectivity index (χ3n) is 2.00. The first-order chi connectivity index (χ1) is 6.45. The fraction of sp³-hybridized carbons (Fsp3) is 0.300. The van der Waals surface area contributed by atoms with Crippen LogP contribution in [0.15, 0.2) is 36.8 Å². The van der Waals surface area contributed by atoms with Crippen LogP contribution in [0.2, 0.25) is 0 Å². The molecule has 13 heavy (non-hydrogen) atoms. The lowest BCUT2D eigenvalue weighted by molar-refractivity contribution is 0.327. The van der Waals surface area contributed by atoms with Crippen molar-refractivity contribution in [3.05, 3.63) is 42.4 Å². The van der Waals surface area contributed by atoms with Crippen LogP contribution >= 0.6 is 0 Å². The van der Waals surface area contributed by atoms with E-state index in [9.17, 15) is 0 Å². The van der Waals surface area contributed by atoms with E-state index in [1.807, 2.05) is 12.3 Å². The second-order valence-corrected chi connectivity index (χ2v) is 3.11. The van der Waals surface area contributed by atoms with E-state index in [0.717, 1.165) is 19.8 Å². The third kappa shape index (κ3) is 2.29. The minimum Gasteiger partial charge on any atom is -0.361 e. The average molecular weight is 175 g/mol. The highest BCUT2D eigenvalue weighted by Crippen LogP contribution is 2.03. The van der Waals surface area contributed by atoms with Gasteiger partial charge in [0.05, 0.1) is 6.67 Å². The second-order valence-electron chi connectivity index (χ2n) is 3.11. The largest absolute Gasteiger partial charge is 0.361 e. The fourth-order valence-electron chi connectivity index (χ4n) is 1.38. The molecule has 0 spiro atoms. The highest BCUT2D eigenvalue weighted by Gasteiger charge is 2.02. The minimum absolute atomic E-state index is 0.922. The molecule has 0 amide bonds. The maximum atomic E-state index is 4.08. The van der Waals surface area contributed by atoms with E-state index in [-0.39, 0.29) is 0 Å². The molecule has 3 heteroatoms. The van der Waals surface area contributed by atoms with E-state index in [0.29, 0.717) is 0 Å². The van der Waals surface area contributed by atoms with Crippen LogP contribution in [0.5, 0.6) is 0 Å². The van der Waals surface area contributed by atoms with Gasteiger partial charge in [-0.2, -0.15) is 0 Å². The lowest BCUT2D eigenvalue weighted by Gasteiger charge is -2.23. The number of nitrogens with zero attached hydrogens (tertiary/aromatic N) is 2. The van der Waals surface area contributed by atoms with Gasteiger partial charge in [-0.25, -0.2) is 0 Å². The summed E-state index contributed by atoms with van der Waals surface area (Å²) in [4.78, 5) is 6.30. The van der Waals surface area contributed by atoms with Gasteiger partial charge in [0.2, 0.25) is 0 Å². The van der Waals surface area contributed by atoms with Crippen LogP contribution in [0.25, 0.3) is 0 Å². The zero-order valence-corrected chi connectivity index (χ0v) is 7.48. The molecule has 1 N–H and O–H groups in total. The highest BCUT2D eigenvalue weighted by atomic mass is 15.2. The molecule has 2 heterocycles. The fourth-order valence-corrected chi connectivity index (χ4v) is 1.38. The van der Waals surface area contributed by atoms with Crippen molar-refractivity contribution in [3.8, 4) is 0 Å². The summed E-state index contributed by atoms with van der Waals surface area (Å²) in [5, 5.41) is 3.27. The van der Waals surface area contributed by atoms with E-state index in [4.69, 9.17) is 0 Å². The van der Waals surface area contributed by atoms with Crippen LogP contribution in [0.4, 0.5) is 0 Å². The van der Waals surface area contributed by atoms with Gasteiger partial charge in [0, 0.05) is 25.5 Å². The average Bonchev–Trinajstić information content (AvgIpc) is 2.21. The molecule has 1 aromatic heterocycles. The van der Waals surface area contributed by atoms with E-state index >= 15 is 0 Å². The van der Waals surface area contributed by atoms with E-state index in [1.54, 1.807) is 6.20 Å². The Morgan fingerprint density at radius 3 is 3.23 bits per heavy atom. The number of pyridine rings is 1. The van der Waals surface area contributed by atoms with Crippen molar-refractivity contribution in [1.82, 2.24) is 15.2 Å². The SMILES string of the molecule is C1=CN(Cc2cccnc2)CNC1. The molecule has 0 atom stereocenters. The van der Waals surface area contributed by atoms with Crippen LogP contribution in [0.1, 0.15) is 5.56 Å². The van der Waals surface area contributed by atoms with Gasteiger partial charge in [-0.1, -0.05) is 12.1 Å². The van der Waals surface area contributed by atoms with Gasteiger partial charge in [-0.05, 0) is 17.8 Å². The van der Waals surface area contributed by atoms with Gasteiger partial charge in [0.15, 0.2) is 0 Å². The van der Waals surface area contributed by atoms with Crippen molar-refractivity contribution in [2.24, 2.45) is 0 Å². The zero-order valence-electron chi connectivity index (χ0n) is 7.48. The lowest BCUT2D eigenvalue weighted by atomic mass is 10.2. The Balaban J connectivity index is 1.98. The van der Waals surface area contributed by atoms with E-state index in [1.165, 1.54) is 5.56 Å². The van der Waals surface area contributed by atoms with Crippen molar-refractivity contribution in [3.63, 3.8) is 0 Å². The van der Waals surface area contributed by atoms with Gasteiger partial charge in [-0.3, -0.25) is 10.3 Å². The molecular formula is C10H13N3. The van der Waals surface area contributed by atoms with Crippen LogP contribution in [0, 0.1) is 0 Å². The maximum absolute atomic E-state index is 4.08. The summed E-state index contributed by atoms with van der Waals surface area (Å²) in [6, 6.07) is 4.06. The Morgan fingerprint density at radius 1 is 1.54 bits per heavy atom. The Kier molecular flexibility index (Phi) is 2.57. The van der Waals surface area contributed by atoms with Crippen molar-refractivity contribution in [2.45, 2.75) is 6.54 Å². The van der Waals surface area contributed by atoms with Crippen molar-refractivity contribution >= 4 is 0 Å². The standard InChI is InChI=1S/C10H13N3/c1-3-10(7-11-4-1)8-13-6-2-5-12-9-13/h1-4,6-7,12H,5,8-9H2. The quantitative estimate of drug-likeness (QED) is 0.725. The van der Waals surface area contributed by atoms with E-state index < -0.39 is 0 Å². The molecule has 0 unspecified atom stereocenters. The Hall–Kier alpha value is -1.35. The minimum atomic E-state index is 0.922. The highest BCUT2D eigenvalue weighted by molar-refractivity contribution is 5.09. The first-order valence-electron chi connectivity index (χ1n) is 4.45. The number of rotatable bonds is 2. The predicted molar refractivity (Wildman–Crippen MR) is 51.8 cm³/mol. The molecule has 2 rings (SSSR count). The Bertz CT molecular complexity index is 281. The van der Waals surface area contributed by atoms with Crippen LogP contribution in [-0.4, -0.2) is 23.1 Å². The number of nitrogens with one attached hydrogen (secondary N) is 1. The van der Waals surface area contributed by atoms with Gasteiger partial charge >= 0.3 is 0 Å². The first-order valence-corrected chi connectivity index (χ1v) is 4.45. The molecule has 3 nitrogen and oxygen atoms in total. The molecule has 1 aromatic rings. The van der Waals surface area contributed by atoms with Gasteiger partial charge in [0.1, 0.15) is 0 Å². The van der Waals surface area contributed by atoms with Crippen molar-refractivity contribution < 1.29 is 0 Å². The molecule has 0 fully saturated rings. The van der Waals surface area contributed by atoms with Gasteiger partial charge in [0.25, 0.3) is 0 Å². The number of hydrogen-bond donors (Lipinski definition) is 1. The van der Waals surface area contributed by atoms with Crippen molar-refractivity contribution in [2.75, 3.05) is 13.2 Å². The molecule has 0 aromatic carbocycles. The number of aromatic nitrogens is 1. The Morgan fingerprint density at radius 2 is 2.54 bits per heavy atom. The number of hydrogen-bond acceptors (Lipinski definition) is 3. The molecule has 1 aliphatic rings. The molecule has 0 saturated carbocycles. The third-order valence-corrected chi connectivity index (χ3v) is 2.00. The van der Waals surface area contributed by atoms with Gasteiger partial charge in [-0.15, -0.1) is 0 Å². The Labute approximate surface area is 78.1 Å². The molecule has 1 aliphatic heterocycles. The summed E-state index contributed by atoms with van der Waals surface area (Å²) in [6.45, 7) is 2.83. The summed E-state index contributed by atoms with van der Waals surface area (Å²) < 4.78 is 0. The summed E-state index contributed by atoms with van der Waals surface area (Å²) in [5.41, 5.74) is 1.25. The zero-order chi connectivity index (χ0) is 8.93. The molecule has 0 aliphatic carbocycles. The molecule has 0 bridgehead atoms. The predicted octanol–water partition coefficient (Wildman–Crippen LogP) is 0.958. The smallest absolute Gasteiger partial charge is 0.0682 e. The molecule has 68 valence electrons.